The van der Waals surface area contributed by atoms with E-state index in [1.807, 2.05) is 12.3 Å². The Bertz CT molecular complexity index is 954. The number of nitrogens with zero attached hydrogens (tertiary/aromatic N) is 5. The minimum absolute atomic E-state index is 0.425. The number of aromatic nitrogens is 4. The van der Waals surface area contributed by atoms with Crippen LogP contribution in [0.5, 0.6) is 0 Å². The largest absolute Gasteiger partial charge is 0.338 e. The lowest BCUT2D eigenvalue weighted by molar-refractivity contribution is 0.300. The number of thiophene rings is 1. The Morgan fingerprint density at radius 2 is 2.25 bits per heavy atom. The molecule has 1 atom stereocenters. The van der Waals surface area contributed by atoms with E-state index in [0.29, 0.717) is 23.2 Å². The molecule has 0 bridgehead atoms. The van der Waals surface area contributed by atoms with Gasteiger partial charge in [-0.15, -0.1) is 11.3 Å². The van der Waals surface area contributed by atoms with Gasteiger partial charge in [-0.3, -0.25) is 0 Å². The molecule has 0 aromatic carbocycles. The second-order valence-electron chi connectivity index (χ2n) is 6.16. The van der Waals surface area contributed by atoms with Gasteiger partial charge in [0.1, 0.15) is 17.6 Å². The Morgan fingerprint density at radius 3 is 3.04 bits per heavy atom. The third-order valence-corrected chi connectivity index (χ3v) is 5.57. The minimum atomic E-state index is -0.425. The van der Waals surface area contributed by atoms with E-state index in [1.54, 1.807) is 23.6 Å². The molecule has 3 aromatic heterocycles. The molecule has 0 radical (unpaired) electrons. The van der Waals surface area contributed by atoms with Crippen LogP contribution >= 0.6 is 11.3 Å². The third kappa shape index (κ3) is 2.22. The Kier molecular flexibility index (Phi) is 3.43. The Morgan fingerprint density at radius 1 is 1.38 bits per heavy atom. The van der Waals surface area contributed by atoms with Gasteiger partial charge in [-0.1, -0.05) is 5.16 Å². The van der Waals surface area contributed by atoms with Crippen LogP contribution in [0.15, 0.2) is 22.2 Å². The average molecular weight is 337 g/mol. The molecule has 6 nitrogen and oxygen atoms in total. The summed E-state index contributed by atoms with van der Waals surface area (Å²) >= 11 is 1.65. The quantitative estimate of drug-likeness (QED) is 0.712. The van der Waals surface area contributed by atoms with Crippen LogP contribution in [0.3, 0.4) is 0 Å². The van der Waals surface area contributed by atoms with Crippen LogP contribution in [0.2, 0.25) is 0 Å². The monoisotopic (exact) mass is 337 g/mol. The molecular formula is C17H15N5OS. The molecule has 0 fully saturated rings. The molecule has 0 saturated heterocycles. The number of fused-ring (bicyclic) bond motifs is 1. The molecule has 0 aliphatic heterocycles. The molecule has 4 rings (SSSR count). The molecule has 0 amide bonds. The van der Waals surface area contributed by atoms with Crippen LogP contribution < -0.4 is 0 Å². The van der Waals surface area contributed by atoms with Gasteiger partial charge in [0.2, 0.25) is 11.7 Å². The van der Waals surface area contributed by atoms with Crippen molar-refractivity contribution in [3.63, 3.8) is 0 Å². The number of hydrogen-bond donors (Lipinski definition) is 0. The van der Waals surface area contributed by atoms with Crippen LogP contribution in [0.1, 0.15) is 47.5 Å². The number of nitriles is 1. The lowest BCUT2D eigenvalue weighted by Crippen LogP contribution is -2.29. The molecule has 7 heteroatoms. The van der Waals surface area contributed by atoms with Crippen molar-refractivity contribution >= 4 is 11.3 Å². The number of rotatable bonds is 2. The van der Waals surface area contributed by atoms with E-state index in [0.717, 1.165) is 30.4 Å². The zero-order valence-corrected chi connectivity index (χ0v) is 14.2. The fourth-order valence-electron chi connectivity index (χ4n) is 3.34. The van der Waals surface area contributed by atoms with Crippen molar-refractivity contribution < 1.29 is 4.52 Å². The average Bonchev–Trinajstić information content (AvgIpc) is 3.23. The summed E-state index contributed by atoms with van der Waals surface area (Å²) in [5, 5.41) is 15.5. The summed E-state index contributed by atoms with van der Waals surface area (Å²) < 4.78 is 5.60. The molecule has 0 unspecified atom stereocenters. The Labute approximate surface area is 143 Å². The first-order chi connectivity index (χ1) is 11.6. The second kappa shape index (κ2) is 5.49. The highest BCUT2D eigenvalue weighted by Gasteiger charge is 2.41. The van der Waals surface area contributed by atoms with Crippen molar-refractivity contribution in [3.8, 4) is 17.6 Å². The molecule has 1 aliphatic rings. The Balaban J connectivity index is 1.81. The van der Waals surface area contributed by atoms with Gasteiger partial charge in [0.05, 0.1) is 11.0 Å². The zero-order chi connectivity index (χ0) is 16.7. The highest BCUT2D eigenvalue weighted by Crippen LogP contribution is 2.45. The first kappa shape index (κ1) is 15.0. The van der Waals surface area contributed by atoms with Gasteiger partial charge in [-0.25, -0.2) is 9.97 Å². The molecule has 120 valence electrons. The SMILES string of the molecule is Cc1nccc(-c2noc([C@@]3(C)CCCc4scc(C#N)c43)n2)n1. The van der Waals surface area contributed by atoms with Gasteiger partial charge >= 0.3 is 0 Å². The van der Waals surface area contributed by atoms with Crippen LogP contribution in [-0.4, -0.2) is 20.1 Å². The Hall–Kier alpha value is -2.59. The maximum atomic E-state index is 9.45. The molecule has 0 spiro atoms. The van der Waals surface area contributed by atoms with Gasteiger partial charge in [0.25, 0.3) is 0 Å². The van der Waals surface area contributed by atoms with Crippen LogP contribution in [0, 0.1) is 18.3 Å². The first-order valence-corrected chi connectivity index (χ1v) is 8.65. The van der Waals surface area contributed by atoms with Crippen LogP contribution in [0.25, 0.3) is 11.5 Å². The lowest BCUT2D eigenvalue weighted by Gasteiger charge is -2.30. The molecular weight excluding hydrogens is 322 g/mol. The molecule has 1 aliphatic carbocycles. The molecule has 0 saturated carbocycles. The van der Waals surface area contributed by atoms with E-state index in [1.165, 1.54) is 4.88 Å². The van der Waals surface area contributed by atoms with Gasteiger partial charge < -0.3 is 4.52 Å². The number of hydrogen-bond acceptors (Lipinski definition) is 7. The van der Waals surface area contributed by atoms with Gasteiger partial charge in [0.15, 0.2) is 0 Å². The van der Waals surface area contributed by atoms with E-state index in [9.17, 15) is 5.26 Å². The van der Waals surface area contributed by atoms with E-state index < -0.39 is 5.41 Å². The molecule has 3 heterocycles. The third-order valence-electron chi connectivity index (χ3n) is 4.52. The molecule has 0 N–H and O–H groups in total. The highest BCUT2D eigenvalue weighted by atomic mass is 32.1. The van der Waals surface area contributed by atoms with E-state index in [-0.39, 0.29) is 0 Å². The summed E-state index contributed by atoms with van der Waals surface area (Å²) in [4.78, 5) is 14.3. The van der Waals surface area contributed by atoms with Crippen LogP contribution in [0.4, 0.5) is 0 Å². The smallest absolute Gasteiger partial charge is 0.237 e. The lowest BCUT2D eigenvalue weighted by atomic mass is 9.72. The maximum absolute atomic E-state index is 9.45. The predicted molar refractivity (Wildman–Crippen MR) is 88.5 cm³/mol. The number of aryl methyl sites for hydroxylation is 2. The van der Waals surface area contributed by atoms with Crippen molar-refractivity contribution in [2.24, 2.45) is 0 Å². The topological polar surface area (TPSA) is 88.5 Å². The fourth-order valence-corrected chi connectivity index (χ4v) is 4.49. The summed E-state index contributed by atoms with van der Waals surface area (Å²) in [5.41, 5.74) is 1.99. The summed E-state index contributed by atoms with van der Waals surface area (Å²) in [7, 11) is 0. The first-order valence-electron chi connectivity index (χ1n) is 7.77. The van der Waals surface area contributed by atoms with Crippen LogP contribution in [-0.2, 0) is 11.8 Å². The normalized spacial score (nSPS) is 19.7. The summed E-state index contributed by atoms with van der Waals surface area (Å²) in [6.45, 7) is 3.91. The van der Waals surface area contributed by atoms with Crippen molar-refractivity contribution in [1.29, 1.82) is 5.26 Å². The fraction of sp³-hybridized carbons (Fsp3) is 0.353. The predicted octanol–water partition coefficient (Wildman–Crippen LogP) is 3.41. The molecule has 3 aromatic rings. The second-order valence-corrected chi connectivity index (χ2v) is 7.12. The molecule has 24 heavy (non-hydrogen) atoms. The standard InChI is InChI=1S/C17H15N5OS/c1-10-19-7-5-12(20-10)15-21-16(23-22-15)17(2)6-3-4-13-14(17)11(8-18)9-24-13/h5,7,9H,3-4,6H2,1-2H3/t17-/m0/s1. The van der Waals surface area contributed by atoms with Crippen molar-refractivity contribution in [1.82, 2.24) is 20.1 Å². The van der Waals surface area contributed by atoms with E-state index >= 15 is 0 Å². The van der Waals surface area contributed by atoms with Crippen molar-refractivity contribution in [2.75, 3.05) is 0 Å². The minimum Gasteiger partial charge on any atom is -0.338 e. The van der Waals surface area contributed by atoms with Gasteiger partial charge in [-0.2, -0.15) is 10.2 Å². The summed E-state index contributed by atoms with van der Waals surface area (Å²) in [6, 6.07) is 4.07. The van der Waals surface area contributed by atoms with E-state index in [4.69, 9.17) is 4.52 Å². The van der Waals surface area contributed by atoms with Gasteiger partial charge in [-0.05, 0) is 44.7 Å². The van der Waals surface area contributed by atoms with Crippen molar-refractivity contribution in [2.45, 2.75) is 38.5 Å². The van der Waals surface area contributed by atoms with Crippen molar-refractivity contribution in [3.05, 3.63) is 45.4 Å². The highest BCUT2D eigenvalue weighted by molar-refractivity contribution is 7.10. The summed E-state index contributed by atoms with van der Waals surface area (Å²) in [6.07, 6.45) is 4.61. The maximum Gasteiger partial charge on any atom is 0.237 e. The zero-order valence-electron chi connectivity index (χ0n) is 13.4. The van der Waals surface area contributed by atoms with E-state index in [2.05, 4.69) is 33.1 Å². The van der Waals surface area contributed by atoms with Gasteiger partial charge in [0, 0.05) is 16.5 Å². The summed E-state index contributed by atoms with van der Waals surface area (Å²) in [5.74, 6) is 1.66.